The standard InChI is InChI=1S/C16H17Cl2N3S/c1-10-16(22-14-7-4-5-11(17)15(14)18)20-9-13(21-10)12-6-2-3-8-19-12/h4-5,7,9,12,19H,2-3,6,8H2,1H3. The third-order valence-electron chi connectivity index (χ3n) is 3.71. The number of halogens is 2. The normalized spacial score (nSPS) is 18.4. The molecule has 1 unspecified atom stereocenters. The van der Waals surface area contributed by atoms with Gasteiger partial charge in [0.2, 0.25) is 0 Å². The molecule has 1 N–H and O–H groups in total. The van der Waals surface area contributed by atoms with Crippen molar-refractivity contribution < 1.29 is 0 Å². The van der Waals surface area contributed by atoms with Crippen LogP contribution in [0.4, 0.5) is 0 Å². The lowest BCUT2D eigenvalue weighted by Gasteiger charge is -2.23. The van der Waals surface area contributed by atoms with E-state index in [1.807, 2.05) is 25.3 Å². The van der Waals surface area contributed by atoms with Crippen molar-refractivity contribution in [2.45, 2.75) is 42.1 Å². The Morgan fingerprint density at radius 2 is 2.14 bits per heavy atom. The SMILES string of the molecule is Cc1nc(C2CCCCN2)cnc1Sc1cccc(Cl)c1Cl. The van der Waals surface area contributed by atoms with Gasteiger partial charge in [0.15, 0.2) is 0 Å². The molecule has 0 bridgehead atoms. The number of aryl methyl sites for hydroxylation is 1. The Morgan fingerprint density at radius 1 is 1.27 bits per heavy atom. The predicted octanol–water partition coefficient (Wildman–Crippen LogP) is 5.06. The van der Waals surface area contributed by atoms with Gasteiger partial charge in [-0.05, 0) is 38.4 Å². The molecule has 116 valence electrons. The first-order valence-electron chi connectivity index (χ1n) is 7.34. The summed E-state index contributed by atoms with van der Waals surface area (Å²) in [7, 11) is 0. The van der Waals surface area contributed by atoms with Crippen LogP contribution in [-0.2, 0) is 0 Å². The number of hydrogen-bond acceptors (Lipinski definition) is 4. The number of hydrogen-bond donors (Lipinski definition) is 1. The fraction of sp³-hybridized carbons (Fsp3) is 0.375. The van der Waals surface area contributed by atoms with E-state index in [-0.39, 0.29) is 0 Å². The van der Waals surface area contributed by atoms with E-state index in [2.05, 4.69) is 10.3 Å². The van der Waals surface area contributed by atoms with Gasteiger partial charge in [-0.1, -0.05) is 47.5 Å². The highest BCUT2D eigenvalue weighted by atomic mass is 35.5. The zero-order chi connectivity index (χ0) is 15.5. The average Bonchev–Trinajstić information content (AvgIpc) is 2.54. The maximum atomic E-state index is 6.24. The highest BCUT2D eigenvalue weighted by Crippen LogP contribution is 2.37. The number of benzene rings is 1. The van der Waals surface area contributed by atoms with Gasteiger partial charge in [0, 0.05) is 4.90 Å². The van der Waals surface area contributed by atoms with Gasteiger partial charge in [-0.25, -0.2) is 4.98 Å². The van der Waals surface area contributed by atoms with Gasteiger partial charge >= 0.3 is 0 Å². The third-order valence-corrected chi connectivity index (χ3v) is 5.80. The third kappa shape index (κ3) is 3.57. The topological polar surface area (TPSA) is 37.8 Å². The van der Waals surface area contributed by atoms with Crippen LogP contribution in [0.5, 0.6) is 0 Å². The van der Waals surface area contributed by atoms with Crippen molar-refractivity contribution in [1.82, 2.24) is 15.3 Å². The molecule has 0 spiro atoms. The van der Waals surface area contributed by atoms with Crippen molar-refractivity contribution >= 4 is 35.0 Å². The van der Waals surface area contributed by atoms with E-state index in [1.54, 1.807) is 6.07 Å². The summed E-state index contributed by atoms with van der Waals surface area (Å²) in [4.78, 5) is 10.2. The summed E-state index contributed by atoms with van der Waals surface area (Å²) in [6.07, 6.45) is 5.48. The number of nitrogens with one attached hydrogen (secondary N) is 1. The molecular weight excluding hydrogens is 337 g/mol. The summed E-state index contributed by atoms with van der Waals surface area (Å²) >= 11 is 13.8. The van der Waals surface area contributed by atoms with Crippen molar-refractivity contribution in [2.24, 2.45) is 0 Å². The molecule has 1 fully saturated rings. The lowest BCUT2D eigenvalue weighted by molar-refractivity contribution is 0.403. The molecule has 3 rings (SSSR count). The molecule has 2 heterocycles. The predicted molar refractivity (Wildman–Crippen MR) is 91.9 cm³/mol. The quantitative estimate of drug-likeness (QED) is 0.836. The molecule has 1 aliphatic heterocycles. The average molecular weight is 354 g/mol. The first-order chi connectivity index (χ1) is 10.6. The fourth-order valence-corrected chi connectivity index (χ4v) is 3.85. The van der Waals surface area contributed by atoms with Crippen LogP contribution >= 0.6 is 35.0 Å². The van der Waals surface area contributed by atoms with E-state index in [1.165, 1.54) is 24.6 Å². The van der Waals surface area contributed by atoms with Crippen LogP contribution in [0.25, 0.3) is 0 Å². The number of piperidine rings is 1. The van der Waals surface area contributed by atoms with Gasteiger partial charge in [0.05, 0.1) is 33.7 Å². The van der Waals surface area contributed by atoms with Crippen molar-refractivity contribution in [3.63, 3.8) is 0 Å². The molecule has 2 aromatic rings. The van der Waals surface area contributed by atoms with Gasteiger partial charge in [-0.2, -0.15) is 0 Å². The smallest absolute Gasteiger partial charge is 0.122 e. The lowest BCUT2D eigenvalue weighted by Crippen LogP contribution is -2.27. The first-order valence-corrected chi connectivity index (χ1v) is 8.91. The van der Waals surface area contributed by atoms with Crippen LogP contribution in [-0.4, -0.2) is 16.5 Å². The number of aromatic nitrogens is 2. The number of nitrogens with zero attached hydrogens (tertiary/aromatic N) is 2. The lowest BCUT2D eigenvalue weighted by atomic mass is 10.0. The second-order valence-electron chi connectivity index (χ2n) is 5.34. The molecule has 1 atom stereocenters. The second kappa shape index (κ2) is 7.18. The molecule has 0 saturated carbocycles. The van der Waals surface area contributed by atoms with Crippen LogP contribution in [0, 0.1) is 6.92 Å². The Morgan fingerprint density at radius 3 is 2.86 bits per heavy atom. The van der Waals surface area contributed by atoms with E-state index < -0.39 is 0 Å². The van der Waals surface area contributed by atoms with Crippen molar-refractivity contribution in [3.05, 3.63) is 45.8 Å². The molecule has 6 heteroatoms. The molecule has 0 radical (unpaired) electrons. The molecule has 3 nitrogen and oxygen atoms in total. The summed E-state index contributed by atoms with van der Waals surface area (Å²) in [6, 6.07) is 5.94. The summed E-state index contributed by atoms with van der Waals surface area (Å²) in [5.74, 6) is 0. The summed E-state index contributed by atoms with van der Waals surface area (Å²) in [5, 5.41) is 5.48. The summed E-state index contributed by atoms with van der Waals surface area (Å²) in [5.41, 5.74) is 1.95. The van der Waals surface area contributed by atoms with E-state index in [0.29, 0.717) is 16.1 Å². The maximum Gasteiger partial charge on any atom is 0.122 e. The van der Waals surface area contributed by atoms with E-state index in [0.717, 1.165) is 34.3 Å². The van der Waals surface area contributed by atoms with Gasteiger partial charge < -0.3 is 5.32 Å². The minimum absolute atomic E-state index is 0.328. The minimum atomic E-state index is 0.328. The Hall–Kier alpha value is -0.810. The zero-order valence-corrected chi connectivity index (χ0v) is 14.6. The van der Waals surface area contributed by atoms with Crippen LogP contribution in [0.1, 0.15) is 36.7 Å². The maximum absolute atomic E-state index is 6.24. The minimum Gasteiger partial charge on any atom is -0.309 e. The van der Waals surface area contributed by atoms with Crippen LogP contribution in [0.3, 0.4) is 0 Å². The molecule has 22 heavy (non-hydrogen) atoms. The van der Waals surface area contributed by atoms with Crippen LogP contribution in [0.2, 0.25) is 10.0 Å². The van der Waals surface area contributed by atoms with E-state index in [9.17, 15) is 0 Å². The molecule has 0 amide bonds. The monoisotopic (exact) mass is 353 g/mol. The molecule has 1 saturated heterocycles. The Kier molecular flexibility index (Phi) is 5.24. The molecule has 0 aliphatic carbocycles. The zero-order valence-electron chi connectivity index (χ0n) is 12.3. The fourth-order valence-electron chi connectivity index (χ4n) is 2.53. The van der Waals surface area contributed by atoms with E-state index in [4.69, 9.17) is 28.2 Å². The molecule has 1 aromatic heterocycles. The van der Waals surface area contributed by atoms with Crippen molar-refractivity contribution in [2.75, 3.05) is 6.54 Å². The number of rotatable bonds is 3. The largest absolute Gasteiger partial charge is 0.309 e. The van der Waals surface area contributed by atoms with Crippen molar-refractivity contribution in [1.29, 1.82) is 0 Å². The molecular formula is C16H17Cl2N3S. The Bertz CT molecular complexity index is 672. The molecule has 1 aliphatic rings. The highest BCUT2D eigenvalue weighted by Gasteiger charge is 2.18. The first kappa shape index (κ1) is 16.1. The van der Waals surface area contributed by atoms with E-state index >= 15 is 0 Å². The Balaban J connectivity index is 1.81. The Labute approximate surface area is 144 Å². The highest BCUT2D eigenvalue weighted by molar-refractivity contribution is 7.99. The summed E-state index contributed by atoms with van der Waals surface area (Å²) < 4.78 is 0. The van der Waals surface area contributed by atoms with Gasteiger partial charge in [0.1, 0.15) is 5.03 Å². The van der Waals surface area contributed by atoms with Crippen LogP contribution in [0.15, 0.2) is 34.3 Å². The van der Waals surface area contributed by atoms with Gasteiger partial charge in [-0.3, -0.25) is 4.98 Å². The summed E-state index contributed by atoms with van der Waals surface area (Å²) in [6.45, 7) is 3.04. The molecule has 1 aromatic carbocycles. The van der Waals surface area contributed by atoms with Gasteiger partial charge in [0.25, 0.3) is 0 Å². The van der Waals surface area contributed by atoms with Crippen molar-refractivity contribution in [3.8, 4) is 0 Å². The van der Waals surface area contributed by atoms with Gasteiger partial charge in [-0.15, -0.1) is 0 Å². The second-order valence-corrected chi connectivity index (χ2v) is 7.16. The van der Waals surface area contributed by atoms with Crippen LogP contribution < -0.4 is 5.32 Å².